The predicted molar refractivity (Wildman–Crippen MR) is 85.1 cm³/mol. The first kappa shape index (κ1) is 15.6. The maximum atomic E-state index is 11.5. The van der Waals surface area contributed by atoms with Crippen molar-refractivity contribution in [1.29, 1.82) is 0 Å². The van der Waals surface area contributed by atoms with Crippen LogP contribution in [0.3, 0.4) is 0 Å². The van der Waals surface area contributed by atoms with Gasteiger partial charge in [-0.25, -0.2) is 4.79 Å². The van der Waals surface area contributed by atoms with Crippen LogP contribution in [0.1, 0.15) is 0 Å². The van der Waals surface area contributed by atoms with Gasteiger partial charge in [0.25, 0.3) is 0 Å². The Morgan fingerprint density at radius 2 is 1.86 bits per heavy atom. The molecule has 0 unspecified atom stereocenters. The minimum Gasteiger partial charge on any atom is -0.437 e. The van der Waals surface area contributed by atoms with Gasteiger partial charge in [-0.2, -0.15) is 9.97 Å². The van der Waals surface area contributed by atoms with Crippen molar-refractivity contribution in [3.63, 3.8) is 0 Å². The van der Waals surface area contributed by atoms with Crippen LogP contribution in [-0.4, -0.2) is 35.0 Å². The fourth-order valence-electron chi connectivity index (χ4n) is 1.48. The standard InChI is InChI=1S/C13H15ClN6O2/c1-20(2)13(21)17-7-3-5-8(6-4-7)22-11-9(14)10(15)18-12(16)19-11/h3-6H,1-2H3,(H,17,21)(H4,15,16,18,19). The second-order valence-electron chi connectivity index (χ2n) is 4.54. The topological polar surface area (TPSA) is 119 Å². The number of hydrogen-bond donors (Lipinski definition) is 3. The Labute approximate surface area is 132 Å². The lowest BCUT2D eigenvalue weighted by Gasteiger charge is -2.12. The molecule has 0 saturated carbocycles. The van der Waals surface area contributed by atoms with Crippen molar-refractivity contribution in [3.8, 4) is 11.6 Å². The normalized spacial score (nSPS) is 10.1. The van der Waals surface area contributed by atoms with Crippen LogP contribution in [0.15, 0.2) is 24.3 Å². The monoisotopic (exact) mass is 322 g/mol. The van der Waals surface area contributed by atoms with Crippen LogP contribution < -0.4 is 21.5 Å². The summed E-state index contributed by atoms with van der Waals surface area (Å²) in [6, 6.07) is 6.43. The second-order valence-corrected chi connectivity index (χ2v) is 4.92. The Morgan fingerprint density at radius 3 is 2.45 bits per heavy atom. The SMILES string of the molecule is CN(C)C(=O)Nc1ccc(Oc2nc(N)nc(N)c2Cl)cc1. The molecule has 0 spiro atoms. The number of nitrogens with one attached hydrogen (secondary N) is 1. The van der Waals surface area contributed by atoms with Crippen molar-refractivity contribution in [2.45, 2.75) is 0 Å². The summed E-state index contributed by atoms with van der Waals surface area (Å²) >= 11 is 5.96. The zero-order chi connectivity index (χ0) is 16.3. The molecule has 116 valence electrons. The summed E-state index contributed by atoms with van der Waals surface area (Å²) < 4.78 is 5.51. The first-order valence-corrected chi connectivity index (χ1v) is 6.59. The number of anilines is 3. The molecule has 0 aliphatic rings. The number of nitrogen functional groups attached to an aromatic ring is 2. The number of urea groups is 1. The largest absolute Gasteiger partial charge is 0.437 e. The van der Waals surface area contributed by atoms with Gasteiger partial charge < -0.3 is 26.4 Å². The summed E-state index contributed by atoms with van der Waals surface area (Å²) in [6.45, 7) is 0. The maximum absolute atomic E-state index is 11.5. The van der Waals surface area contributed by atoms with Gasteiger partial charge in [0.15, 0.2) is 5.82 Å². The van der Waals surface area contributed by atoms with E-state index in [1.54, 1.807) is 38.4 Å². The fraction of sp³-hybridized carbons (Fsp3) is 0.154. The van der Waals surface area contributed by atoms with Crippen molar-refractivity contribution in [2.24, 2.45) is 0 Å². The predicted octanol–water partition coefficient (Wildman–Crippen LogP) is 2.18. The Morgan fingerprint density at radius 1 is 1.23 bits per heavy atom. The summed E-state index contributed by atoms with van der Waals surface area (Å²) in [6.07, 6.45) is 0. The number of rotatable bonds is 3. The van der Waals surface area contributed by atoms with E-state index < -0.39 is 0 Å². The van der Waals surface area contributed by atoms with Crippen LogP contribution in [0, 0.1) is 0 Å². The fourth-order valence-corrected chi connectivity index (χ4v) is 1.60. The van der Waals surface area contributed by atoms with E-state index >= 15 is 0 Å². The number of amides is 2. The molecule has 2 rings (SSSR count). The molecule has 0 bridgehead atoms. The number of benzene rings is 1. The molecule has 0 aliphatic heterocycles. The average Bonchev–Trinajstić information content (AvgIpc) is 2.46. The van der Waals surface area contributed by atoms with Gasteiger partial charge in [0.1, 0.15) is 10.8 Å². The molecule has 0 saturated heterocycles. The Balaban J connectivity index is 2.13. The average molecular weight is 323 g/mol. The third kappa shape index (κ3) is 3.67. The molecule has 22 heavy (non-hydrogen) atoms. The van der Waals surface area contributed by atoms with E-state index in [-0.39, 0.29) is 28.7 Å². The molecule has 9 heteroatoms. The van der Waals surface area contributed by atoms with Crippen LogP contribution in [0.4, 0.5) is 22.2 Å². The van der Waals surface area contributed by atoms with E-state index in [1.807, 2.05) is 0 Å². The number of aromatic nitrogens is 2. The quantitative estimate of drug-likeness (QED) is 0.796. The Kier molecular flexibility index (Phi) is 4.52. The van der Waals surface area contributed by atoms with Gasteiger partial charge in [0.2, 0.25) is 11.8 Å². The van der Waals surface area contributed by atoms with E-state index in [1.165, 1.54) is 4.90 Å². The molecule has 0 fully saturated rings. The van der Waals surface area contributed by atoms with E-state index in [2.05, 4.69) is 15.3 Å². The molecule has 0 aliphatic carbocycles. The smallest absolute Gasteiger partial charge is 0.321 e. The summed E-state index contributed by atoms with van der Waals surface area (Å²) in [5.41, 5.74) is 11.7. The van der Waals surface area contributed by atoms with E-state index in [0.29, 0.717) is 11.4 Å². The lowest BCUT2D eigenvalue weighted by Crippen LogP contribution is -2.27. The third-order valence-corrected chi connectivity index (χ3v) is 2.95. The van der Waals surface area contributed by atoms with Crippen LogP contribution in [-0.2, 0) is 0 Å². The Hall–Kier alpha value is -2.74. The molecule has 0 atom stereocenters. The first-order chi connectivity index (χ1) is 10.4. The lowest BCUT2D eigenvalue weighted by atomic mass is 10.3. The van der Waals surface area contributed by atoms with E-state index in [4.69, 9.17) is 27.8 Å². The highest BCUT2D eigenvalue weighted by molar-refractivity contribution is 6.34. The molecule has 2 amide bonds. The molecule has 1 aromatic heterocycles. The first-order valence-electron chi connectivity index (χ1n) is 6.21. The maximum Gasteiger partial charge on any atom is 0.321 e. The van der Waals surface area contributed by atoms with Gasteiger partial charge in [-0.15, -0.1) is 0 Å². The number of halogens is 1. The van der Waals surface area contributed by atoms with Crippen LogP contribution in [0.2, 0.25) is 5.02 Å². The number of carbonyl (C=O) groups excluding carboxylic acids is 1. The van der Waals surface area contributed by atoms with Gasteiger partial charge in [-0.3, -0.25) is 0 Å². The molecule has 1 heterocycles. The third-order valence-electron chi connectivity index (χ3n) is 2.59. The van der Waals surface area contributed by atoms with Gasteiger partial charge in [0, 0.05) is 19.8 Å². The van der Waals surface area contributed by atoms with E-state index in [9.17, 15) is 4.79 Å². The van der Waals surface area contributed by atoms with Crippen LogP contribution in [0.5, 0.6) is 11.6 Å². The summed E-state index contributed by atoms with van der Waals surface area (Å²) in [7, 11) is 3.30. The molecule has 5 N–H and O–H groups in total. The van der Waals surface area contributed by atoms with Gasteiger partial charge in [-0.05, 0) is 24.3 Å². The van der Waals surface area contributed by atoms with Crippen molar-refractivity contribution >= 4 is 35.1 Å². The Bertz CT molecular complexity index is 690. The van der Waals surface area contributed by atoms with Crippen molar-refractivity contribution in [1.82, 2.24) is 14.9 Å². The molecular formula is C13H15ClN6O2. The minimum atomic E-state index is -0.229. The highest BCUT2D eigenvalue weighted by Gasteiger charge is 2.11. The van der Waals surface area contributed by atoms with Gasteiger partial charge >= 0.3 is 6.03 Å². The van der Waals surface area contributed by atoms with Crippen LogP contribution >= 0.6 is 11.6 Å². The summed E-state index contributed by atoms with van der Waals surface area (Å²) in [5.74, 6) is 0.532. The zero-order valence-corrected chi connectivity index (χ0v) is 12.8. The molecular weight excluding hydrogens is 308 g/mol. The highest BCUT2D eigenvalue weighted by Crippen LogP contribution is 2.31. The van der Waals surface area contributed by atoms with Crippen LogP contribution in [0.25, 0.3) is 0 Å². The number of ether oxygens (including phenoxy) is 1. The number of carbonyl (C=O) groups is 1. The van der Waals surface area contributed by atoms with E-state index in [0.717, 1.165) is 0 Å². The van der Waals surface area contributed by atoms with Gasteiger partial charge in [-0.1, -0.05) is 11.6 Å². The van der Waals surface area contributed by atoms with Gasteiger partial charge in [0.05, 0.1) is 0 Å². The lowest BCUT2D eigenvalue weighted by molar-refractivity contribution is 0.230. The van der Waals surface area contributed by atoms with Crippen molar-refractivity contribution in [3.05, 3.63) is 29.3 Å². The number of nitrogens with zero attached hydrogens (tertiary/aromatic N) is 3. The molecule has 0 radical (unpaired) electrons. The number of nitrogens with two attached hydrogens (primary N) is 2. The van der Waals surface area contributed by atoms with Crippen molar-refractivity contribution in [2.75, 3.05) is 30.9 Å². The minimum absolute atomic E-state index is 0.0354. The summed E-state index contributed by atoms with van der Waals surface area (Å²) in [4.78, 5) is 20.6. The zero-order valence-electron chi connectivity index (χ0n) is 12.0. The number of hydrogen-bond acceptors (Lipinski definition) is 6. The molecule has 1 aromatic carbocycles. The van der Waals surface area contributed by atoms with Crippen molar-refractivity contribution < 1.29 is 9.53 Å². The highest BCUT2D eigenvalue weighted by atomic mass is 35.5. The summed E-state index contributed by atoms with van der Waals surface area (Å²) in [5, 5.41) is 2.78. The molecule has 2 aromatic rings. The second kappa shape index (κ2) is 6.35. The molecule has 8 nitrogen and oxygen atoms in total.